The van der Waals surface area contributed by atoms with E-state index in [4.69, 9.17) is 0 Å². The van der Waals surface area contributed by atoms with E-state index in [1.165, 1.54) is 0 Å². The Labute approximate surface area is 194 Å². The van der Waals surface area contributed by atoms with Crippen LogP contribution in [0.15, 0.2) is 59.8 Å². The number of hydrogen-bond acceptors (Lipinski definition) is 4. The van der Waals surface area contributed by atoms with Crippen LogP contribution in [-0.4, -0.2) is 46.9 Å². The zero-order chi connectivity index (χ0) is 19.3. The highest BCUT2D eigenvalue weighted by Gasteiger charge is 2.24. The SMILES string of the molecule is CNCC1CCN(C(=O)c2ccccc2SCc2cn3ccccc3n2)CC1.Cl.Cl. The summed E-state index contributed by atoms with van der Waals surface area (Å²) >= 11 is 1.68. The second-order valence-electron chi connectivity index (χ2n) is 7.28. The lowest BCUT2D eigenvalue weighted by molar-refractivity contribution is 0.0687. The van der Waals surface area contributed by atoms with E-state index in [1.807, 2.05) is 65.0 Å². The molecule has 5 nitrogen and oxygen atoms in total. The molecule has 0 bridgehead atoms. The highest BCUT2D eigenvalue weighted by molar-refractivity contribution is 7.98. The number of carbonyl (C=O) groups excluding carboxylic acids is 1. The van der Waals surface area contributed by atoms with Crippen molar-refractivity contribution >= 4 is 48.1 Å². The molecule has 0 radical (unpaired) electrons. The van der Waals surface area contributed by atoms with Gasteiger partial charge in [0.2, 0.25) is 0 Å². The summed E-state index contributed by atoms with van der Waals surface area (Å²) in [6.07, 6.45) is 6.21. The number of halogens is 2. The van der Waals surface area contributed by atoms with Crippen molar-refractivity contribution in [3.63, 3.8) is 0 Å². The van der Waals surface area contributed by atoms with Crippen molar-refractivity contribution in [1.29, 1.82) is 0 Å². The first-order chi connectivity index (χ1) is 13.7. The summed E-state index contributed by atoms with van der Waals surface area (Å²) in [5.74, 6) is 1.57. The Morgan fingerprint density at radius 3 is 2.60 bits per heavy atom. The maximum atomic E-state index is 13.1. The number of hydrogen-bond donors (Lipinski definition) is 1. The Morgan fingerprint density at radius 2 is 1.87 bits per heavy atom. The lowest BCUT2D eigenvalue weighted by Crippen LogP contribution is -2.40. The molecule has 162 valence electrons. The van der Waals surface area contributed by atoms with Crippen LogP contribution in [0.1, 0.15) is 28.9 Å². The zero-order valence-electron chi connectivity index (χ0n) is 17.0. The van der Waals surface area contributed by atoms with E-state index in [-0.39, 0.29) is 30.7 Å². The first-order valence-electron chi connectivity index (χ1n) is 9.83. The molecule has 1 aliphatic heterocycles. The fourth-order valence-corrected chi connectivity index (χ4v) is 4.70. The van der Waals surface area contributed by atoms with Crippen LogP contribution < -0.4 is 5.32 Å². The van der Waals surface area contributed by atoms with Crippen LogP contribution >= 0.6 is 36.6 Å². The Bertz CT molecular complexity index is 924. The van der Waals surface area contributed by atoms with Gasteiger partial charge in [-0.25, -0.2) is 4.98 Å². The Kier molecular flexibility index (Phi) is 9.49. The highest BCUT2D eigenvalue weighted by atomic mass is 35.5. The molecule has 1 aliphatic rings. The van der Waals surface area contributed by atoms with Gasteiger partial charge in [0.05, 0.1) is 11.3 Å². The Morgan fingerprint density at radius 1 is 1.13 bits per heavy atom. The van der Waals surface area contributed by atoms with Crippen LogP contribution in [0.4, 0.5) is 0 Å². The van der Waals surface area contributed by atoms with E-state index in [0.717, 1.165) is 60.0 Å². The lowest BCUT2D eigenvalue weighted by Gasteiger charge is -2.32. The van der Waals surface area contributed by atoms with Gasteiger partial charge in [-0.3, -0.25) is 4.79 Å². The number of likely N-dealkylation sites (tertiary alicyclic amines) is 1. The second-order valence-corrected chi connectivity index (χ2v) is 8.29. The van der Waals surface area contributed by atoms with Crippen molar-refractivity contribution < 1.29 is 4.79 Å². The molecule has 1 N–H and O–H groups in total. The molecule has 0 atom stereocenters. The molecule has 4 rings (SSSR count). The smallest absolute Gasteiger partial charge is 0.254 e. The predicted molar refractivity (Wildman–Crippen MR) is 128 cm³/mol. The number of pyridine rings is 1. The number of thioether (sulfide) groups is 1. The largest absolute Gasteiger partial charge is 0.339 e. The molecule has 0 spiro atoms. The van der Waals surface area contributed by atoms with Gasteiger partial charge in [0, 0.05) is 36.1 Å². The average Bonchev–Trinajstić information content (AvgIpc) is 3.16. The molecular formula is C22H28Cl2N4OS. The molecule has 1 amide bonds. The fourth-order valence-electron chi connectivity index (χ4n) is 3.78. The molecule has 0 aliphatic carbocycles. The van der Waals surface area contributed by atoms with E-state index in [0.29, 0.717) is 5.92 Å². The molecule has 2 aromatic heterocycles. The summed E-state index contributed by atoms with van der Waals surface area (Å²) in [5.41, 5.74) is 2.78. The van der Waals surface area contributed by atoms with E-state index in [1.54, 1.807) is 11.8 Å². The van der Waals surface area contributed by atoms with Gasteiger partial charge in [0.25, 0.3) is 5.91 Å². The molecule has 30 heavy (non-hydrogen) atoms. The minimum absolute atomic E-state index is 0. The minimum Gasteiger partial charge on any atom is -0.339 e. The van der Waals surface area contributed by atoms with Crippen LogP contribution in [0.3, 0.4) is 0 Å². The molecule has 3 aromatic rings. The first-order valence-corrected chi connectivity index (χ1v) is 10.8. The number of imidazole rings is 1. The monoisotopic (exact) mass is 466 g/mol. The van der Waals surface area contributed by atoms with E-state index in [2.05, 4.69) is 16.5 Å². The van der Waals surface area contributed by atoms with Crippen molar-refractivity contribution in [3.05, 3.63) is 66.1 Å². The summed E-state index contributed by atoms with van der Waals surface area (Å²) < 4.78 is 2.03. The summed E-state index contributed by atoms with van der Waals surface area (Å²) in [4.78, 5) is 20.8. The van der Waals surface area contributed by atoms with Crippen LogP contribution in [-0.2, 0) is 5.75 Å². The van der Waals surface area contributed by atoms with Crippen LogP contribution in [0.25, 0.3) is 5.65 Å². The number of benzene rings is 1. The average molecular weight is 467 g/mol. The van der Waals surface area contributed by atoms with Crippen molar-refractivity contribution in [2.45, 2.75) is 23.5 Å². The molecule has 1 fully saturated rings. The molecule has 3 heterocycles. The number of nitrogens with one attached hydrogen (secondary N) is 1. The standard InChI is InChI=1S/C22H26N4OS.2ClH/c1-23-14-17-9-12-25(13-10-17)22(27)19-6-2-3-7-20(19)28-16-18-15-26-11-5-4-8-21(26)24-18;;/h2-8,11,15,17,23H,9-10,12-14,16H2,1H3;2*1H. The van der Waals surface area contributed by atoms with Gasteiger partial charge in [0.15, 0.2) is 0 Å². The van der Waals surface area contributed by atoms with Gasteiger partial charge in [-0.1, -0.05) is 18.2 Å². The molecule has 1 aromatic carbocycles. The van der Waals surface area contributed by atoms with E-state index >= 15 is 0 Å². The van der Waals surface area contributed by atoms with Crippen molar-refractivity contribution in [3.8, 4) is 0 Å². The molecule has 0 unspecified atom stereocenters. The lowest BCUT2D eigenvalue weighted by atomic mass is 9.96. The third kappa shape index (κ3) is 5.70. The molecule has 0 saturated carbocycles. The van der Waals surface area contributed by atoms with Crippen LogP contribution in [0.2, 0.25) is 0 Å². The molecule has 1 saturated heterocycles. The number of fused-ring (bicyclic) bond motifs is 1. The second kappa shape index (κ2) is 11.6. The number of rotatable bonds is 6. The van der Waals surface area contributed by atoms with Crippen LogP contribution in [0, 0.1) is 5.92 Å². The van der Waals surface area contributed by atoms with Crippen molar-refractivity contribution in [2.24, 2.45) is 5.92 Å². The van der Waals surface area contributed by atoms with Crippen LogP contribution in [0.5, 0.6) is 0 Å². The highest BCUT2D eigenvalue weighted by Crippen LogP contribution is 2.28. The number of amides is 1. The quantitative estimate of drug-likeness (QED) is 0.541. The van der Waals surface area contributed by atoms with E-state index in [9.17, 15) is 4.79 Å². The fraction of sp³-hybridized carbons (Fsp3) is 0.364. The van der Waals surface area contributed by atoms with Gasteiger partial charge >= 0.3 is 0 Å². The molecule has 8 heteroatoms. The van der Waals surface area contributed by atoms with Crippen molar-refractivity contribution in [1.82, 2.24) is 19.6 Å². The minimum atomic E-state index is 0. The summed E-state index contributed by atoms with van der Waals surface area (Å²) in [5, 5.41) is 3.25. The summed E-state index contributed by atoms with van der Waals surface area (Å²) in [6.45, 7) is 2.72. The number of nitrogens with zero attached hydrogens (tertiary/aromatic N) is 3. The third-order valence-corrected chi connectivity index (χ3v) is 6.41. The van der Waals surface area contributed by atoms with Crippen molar-refractivity contribution in [2.75, 3.05) is 26.7 Å². The summed E-state index contributed by atoms with van der Waals surface area (Å²) in [6, 6.07) is 13.9. The topological polar surface area (TPSA) is 49.6 Å². The number of carbonyl (C=O) groups is 1. The predicted octanol–water partition coefficient (Wildman–Crippen LogP) is 4.54. The van der Waals surface area contributed by atoms with Gasteiger partial charge in [-0.2, -0.15) is 0 Å². The van der Waals surface area contributed by atoms with Gasteiger partial charge in [0.1, 0.15) is 5.65 Å². The van der Waals surface area contributed by atoms with Gasteiger partial charge in [-0.15, -0.1) is 36.6 Å². The Balaban J connectivity index is 0.00000160. The maximum absolute atomic E-state index is 13.1. The number of aromatic nitrogens is 2. The van der Waals surface area contributed by atoms with Gasteiger partial charge in [-0.05, 0) is 56.6 Å². The first kappa shape index (κ1) is 24.5. The number of piperidine rings is 1. The maximum Gasteiger partial charge on any atom is 0.254 e. The normalized spacial score (nSPS) is 14.2. The van der Waals surface area contributed by atoms with E-state index < -0.39 is 0 Å². The van der Waals surface area contributed by atoms with Gasteiger partial charge < -0.3 is 14.6 Å². The third-order valence-electron chi connectivity index (χ3n) is 5.30. The summed E-state index contributed by atoms with van der Waals surface area (Å²) in [7, 11) is 1.99. The zero-order valence-corrected chi connectivity index (χ0v) is 19.4. The Hall–Kier alpha value is -1.73. The molecular weight excluding hydrogens is 439 g/mol.